The molecular weight excluding hydrogens is 377 g/mol. The number of hydrogen-bond acceptors (Lipinski definition) is 3. The Hall–Kier alpha value is -0.883. The van der Waals surface area contributed by atoms with Gasteiger partial charge in [0.15, 0.2) is 0 Å². The predicted octanol–water partition coefficient (Wildman–Crippen LogP) is 4.04. The van der Waals surface area contributed by atoms with Gasteiger partial charge in [-0.25, -0.2) is 0 Å². The quantitative estimate of drug-likeness (QED) is 0.133. The first kappa shape index (κ1) is 30.1. The van der Waals surface area contributed by atoms with Gasteiger partial charge in [-0.1, -0.05) is 120 Å². The maximum Gasteiger partial charge on any atom is 1.00 e. The third-order valence-corrected chi connectivity index (χ3v) is 5.91. The van der Waals surface area contributed by atoms with Crippen molar-refractivity contribution < 1.29 is 28.4 Å². The van der Waals surface area contributed by atoms with Crippen LogP contribution in [0, 0.1) is 5.92 Å². The fourth-order valence-corrected chi connectivity index (χ4v) is 3.92. The zero-order chi connectivity index (χ0) is 21.5. The number of unbranched alkanes of at least 4 members (excludes halogenated alkanes) is 14. The van der Waals surface area contributed by atoms with E-state index in [-0.39, 0.29) is 24.8 Å². The van der Waals surface area contributed by atoms with Gasteiger partial charge in [0, 0.05) is 6.54 Å². The molecule has 3 nitrogen and oxygen atoms in total. The van der Waals surface area contributed by atoms with Gasteiger partial charge in [-0.15, -0.1) is 0 Å². The van der Waals surface area contributed by atoms with E-state index in [1.165, 1.54) is 89.0 Å². The van der Waals surface area contributed by atoms with Crippen LogP contribution in [0.5, 0.6) is 0 Å². The van der Waals surface area contributed by atoms with E-state index >= 15 is 0 Å². The van der Waals surface area contributed by atoms with E-state index in [9.17, 15) is 9.59 Å². The van der Waals surface area contributed by atoms with Gasteiger partial charge in [0.25, 0.3) is 0 Å². The zero-order valence-corrected chi connectivity index (χ0v) is 20.2. The molecule has 0 bridgehead atoms. The predicted molar refractivity (Wildman–Crippen MR) is 128 cm³/mol. The van der Waals surface area contributed by atoms with E-state index in [4.69, 9.17) is 0 Å². The van der Waals surface area contributed by atoms with Crippen LogP contribution in [0.25, 0.3) is 0 Å². The second-order valence-electron chi connectivity index (χ2n) is 8.69. The summed E-state index contributed by atoms with van der Waals surface area (Å²) in [6, 6.07) is 10.6. The van der Waals surface area contributed by atoms with Crippen LogP contribution >= 0.6 is 0 Å². The topological polar surface area (TPSA) is 46.2 Å². The maximum atomic E-state index is 10.6. The first-order chi connectivity index (χ1) is 14.9. The first-order valence-electron chi connectivity index (χ1n) is 12.5. The molecule has 0 amide bonds. The van der Waals surface area contributed by atoms with Crippen molar-refractivity contribution in [3.05, 3.63) is 35.9 Å². The third-order valence-electron chi connectivity index (χ3n) is 5.91. The van der Waals surface area contributed by atoms with Crippen LogP contribution in [0.1, 0.15) is 108 Å². The van der Waals surface area contributed by atoms with E-state index in [1.807, 2.05) is 0 Å². The molecule has 1 N–H and O–H groups in total. The molecule has 1 aromatic carbocycles. The normalized spacial score (nSPS) is 10.7. The Morgan fingerprint density at radius 1 is 0.613 bits per heavy atom. The van der Waals surface area contributed by atoms with Crippen LogP contribution in [0.15, 0.2) is 30.3 Å². The second kappa shape index (κ2) is 23.8. The number of hydrogen-bond donors (Lipinski definition) is 1. The Labute approximate surface area is 203 Å². The van der Waals surface area contributed by atoms with Crippen molar-refractivity contribution in [2.75, 3.05) is 6.54 Å². The molecule has 0 fully saturated rings. The van der Waals surface area contributed by atoms with Crippen molar-refractivity contribution in [3.8, 4) is 0 Å². The van der Waals surface area contributed by atoms with Gasteiger partial charge in [-0.05, 0) is 24.9 Å². The third kappa shape index (κ3) is 19.5. The van der Waals surface area contributed by atoms with Gasteiger partial charge in [0.1, 0.15) is 12.6 Å². The van der Waals surface area contributed by atoms with Crippen molar-refractivity contribution in [1.82, 2.24) is 5.32 Å². The summed E-state index contributed by atoms with van der Waals surface area (Å²) < 4.78 is 0. The molecule has 0 radical (unpaired) electrons. The molecule has 0 aliphatic rings. The number of carbonyl (C=O) groups is 2. The molecule has 170 valence electrons. The minimum atomic E-state index is -0.369. The molecule has 0 saturated carbocycles. The van der Waals surface area contributed by atoms with Gasteiger partial charge in [-0.3, -0.25) is 0 Å². The summed E-state index contributed by atoms with van der Waals surface area (Å²) in [5.41, 5.74) is 1.37. The number of aldehydes is 2. The standard InChI is InChI=1S/C27H45NO2.Li/c29-24-27(25-30)21-15-12-10-8-6-4-2-1-3-5-7-9-11-13-18-22-28-23-26-19-16-14-17-20-26;/h14,16-17,19-20,24-25,27-28H,1-13,15,18,21-23H2;/q;+1. The van der Waals surface area contributed by atoms with Crippen molar-refractivity contribution >= 4 is 12.6 Å². The summed E-state index contributed by atoms with van der Waals surface area (Å²) in [7, 11) is 0. The number of benzene rings is 1. The van der Waals surface area contributed by atoms with Gasteiger partial charge in [0.2, 0.25) is 0 Å². The molecule has 1 rings (SSSR count). The van der Waals surface area contributed by atoms with E-state index < -0.39 is 0 Å². The summed E-state index contributed by atoms with van der Waals surface area (Å²) in [6.45, 7) is 2.12. The molecule has 0 atom stereocenters. The maximum absolute atomic E-state index is 10.6. The molecule has 4 heteroatoms. The van der Waals surface area contributed by atoms with E-state index in [0.29, 0.717) is 0 Å². The summed E-state index contributed by atoms with van der Waals surface area (Å²) in [5, 5.41) is 3.54. The van der Waals surface area contributed by atoms with Crippen LogP contribution in [0.3, 0.4) is 0 Å². The number of carbonyl (C=O) groups excluding carboxylic acids is 2. The average molecular weight is 423 g/mol. The minimum Gasteiger partial charge on any atom is -0.313 e. The molecule has 1 aromatic rings. The summed E-state index contributed by atoms with van der Waals surface area (Å²) >= 11 is 0. The Balaban J connectivity index is 0.00000900. The summed E-state index contributed by atoms with van der Waals surface area (Å²) in [6.07, 6.45) is 22.1. The fourth-order valence-electron chi connectivity index (χ4n) is 3.92. The summed E-state index contributed by atoms with van der Waals surface area (Å²) in [5.74, 6) is -0.369. The Bertz CT molecular complexity index is 501. The Kier molecular flexibility index (Phi) is 23.1. The van der Waals surface area contributed by atoms with Crippen LogP contribution in [-0.4, -0.2) is 19.1 Å². The van der Waals surface area contributed by atoms with Crippen molar-refractivity contribution in [1.29, 1.82) is 0 Å². The monoisotopic (exact) mass is 422 g/mol. The molecule has 0 aromatic heterocycles. The SMILES string of the molecule is O=CC(C=O)CCCCCCCCCCCCCCCCCNCc1ccccc1.[Li+]. The van der Waals surface area contributed by atoms with Gasteiger partial charge in [-0.2, -0.15) is 0 Å². The minimum absolute atomic E-state index is 0. The Morgan fingerprint density at radius 3 is 1.48 bits per heavy atom. The molecule has 0 unspecified atom stereocenters. The molecule has 0 heterocycles. The number of nitrogens with one attached hydrogen (secondary N) is 1. The van der Waals surface area contributed by atoms with Crippen molar-refractivity contribution in [2.24, 2.45) is 5.92 Å². The second-order valence-corrected chi connectivity index (χ2v) is 8.69. The molecule has 31 heavy (non-hydrogen) atoms. The van der Waals surface area contributed by atoms with Crippen LogP contribution in [-0.2, 0) is 16.1 Å². The largest absolute Gasteiger partial charge is 1.00 e. The Morgan fingerprint density at radius 2 is 1.03 bits per heavy atom. The first-order valence-corrected chi connectivity index (χ1v) is 12.5. The smallest absolute Gasteiger partial charge is 0.313 e. The van der Waals surface area contributed by atoms with Gasteiger partial charge < -0.3 is 14.9 Å². The van der Waals surface area contributed by atoms with Gasteiger partial charge >= 0.3 is 18.9 Å². The molecular formula is C27H45LiNO2+. The molecule has 0 saturated heterocycles. The molecule has 0 spiro atoms. The summed E-state index contributed by atoms with van der Waals surface area (Å²) in [4.78, 5) is 21.1. The fraction of sp³-hybridized carbons (Fsp3) is 0.704. The number of rotatable bonds is 22. The van der Waals surface area contributed by atoms with E-state index in [1.54, 1.807) is 0 Å². The molecule has 0 aliphatic heterocycles. The van der Waals surface area contributed by atoms with Crippen LogP contribution in [0.4, 0.5) is 0 Å². The van der Waals surface area contributed by atoms with E-state index in [2.05, 4.69) is 35.6 Å². The van der Waals surface area contributed by atoms with Crippen molar-refractivity contribution in [3.63, 3.8) is 0 Å². The van der Waals surface area contributed by atoms with Crippen molar-refractivity contribution in [2.45, 2.75) is 109 Å². The van der Waals surface area contributed by atoms with E-state index in [0.717, 1.165) is 44.9 Å². The average Bonchev–Trinajstić information content (AvgIpc) is 2.78. The molecule has 0 aliphatic carbocycles. The van der Waals surface area contributed by atoms with Crippen LogP contribution < -0.4 is 24.2 Å². The zero-order valence-electron chi connectivity index (χ0n) is 20.2. The van der Waals surface area contributed by atoms with Gasteiger partial charge in [0.05, 0.1) is 5.92 Å². The van der Waals surface area contributed by atoms with Crippen LogP contribution in [0.2, 0.25) is 0 Å².